The minimum absolute atomic E-state index is 0.599. The van der Waals surface area contributed by atoms with Crippen molar-refractivity contribution in [1.29, 1.82) is 0 Å². The Balaban J connectivity index is 2.25. The molecule has 1 aromatic rings. The second kappa shape index (κ2) is 9.08. The summed E-state index contributed by atoms with van der Waals surface area (Å²) in [7, 11) is 1.79. The maximum Gasteiger partial charge on any atom is 0.260 e. The van der Waals surface area contributed by atoms with Crippen molar-refractivity contribution in [2.45, 2.75) is 18.2 Å². The lowest BCUT2D eigenvalue weighted by atomic mass is 10.4. The minimum Gasteiger partial charge on any atom is -0.318 e. The fourth-order valence-corrected chi connectivity index (χ4v) is 3.62. The summed E-state index contributed by atoms with van der Waals surface area (Å²) in [6, 6.07) is 10.3. The van der Waals surface area contributed by atoms with Gasteiger partial charge >= 0.3 is 0 Å². The molecule has 1 rings (SSSR count). The molecule has 0 saturated carbocycles. The second-order valence-corrected chi connectivity index (χ2v) is 8.12. The number of hydrogen-bond acceptors (Lipinski definition) is 4. The van der Waals surface area contributed by atoms with E-state index in [2.05, 4.69) is 24.1 Å². The van der Waals surface area contributed by atoms with Gasteiger partial charge in [-0.05, 0) is 37.4 Å². The Hall–Kier alpha value is 0.1000. The molecular formula is C12H20NO2PS2. The molecule has 3 nitrogen and oxygen atoms in total. The third-order valence-electron chi connectivity index (χ3n) is 2.10. The molecule has 0 heterocycles. The molecule has 18 heavy (non-hydrogen) atoms. The molecule has 1 N–H and O–H groups in total. The molecule has 0 fully saturated rings. The quantitative estimate of drug-likeness (QED) is 0.427. The normalized spacial score (nSPS) is 14.3. The van der Waals surface area contributed by atoms with Gasteiger partial charge in [0.05, 0.1) is 13.2 Å². The van der Waals surface area contributed by atoms with Crippen LogP contribution >= 0.6 is 18.4 Å². The van der Waals surface area contributed by atoms with E-state index in [0.29, 0.717) is 13.2 Å². The summed E-state index contributed by atoms with van der Waals surface area (Å²) in [6.07, 6.45) is 0.947. The van der Waals surface area contributed by atoms with Crippen LogP contribution in [0.3, 0.4) is 0 Å². The molecule has 6 heteroatoms. The van der Waals surface area contributed by atoms with Crippen LogP contribution in [0.25, 0.3) is 0 Å². The zero-order chi connectivity index (χ0) is 13.3. The average molecular weight is 305 g/mol. The van der Waals surface area contributed by atoms with Crippen molar-refractivity contribution >= 4 is 30.2 Å². The minimum atomic E-state index is -2.27. The van der Waals surface area contributed by atoms with Crippen LogP contribution in [0.1, 0.15) is 13.3 Å². The molecule has 1 atom stereocenters. The van der Waals surface area contributed by atoms with E-state index < -0.39 is 6.64 Å². The summed E-state index contributed by atoms with van der Waals surface area (Å²) in [5.74, 6) is 0.875. The zero-order valence-electron chi connectivity index (χ0n) is 10.8. The molecule has 0 aromatic heterocycles. The van der Waals surface area contributed by atoms with E-state index in [4.69, 9.17) is 20.9 Å². The predicted molar refractivity (Wildman–Crippen MR) is 82.7 cm³/mol. The van der Waals surface area contributed by atoms with Crippen LogP contribution in [0.5, 0.6) is 0 Å². The first-order valence-electron chi connectivity index (χ1n) is 5.96. The monoisotopic (exact) mass is 305 g/mol. The predicted octanol–water partition coefficient (Wildman–Crippen LogP) is 3.67. The van der Waals surface area contributed by atoms with Gasteiger partial charge in [0.2, 0.25) is 0 Å². The molecule has 1 unspecified atom stereocenters. The van der Waals surface area contributed by atoms with Crippen LogP contribution < -0.4 is 5.09 Å². The van der Waals surface area contributed by atoms with Crippen LogP contribution in [-0.4, -0.2) is 26.0 Å². The topological polar surface area (TPSA) is 30.5 Å². The van der Waals surface area contributed by atoms with Gasteiger partial charge in [-0.3, -0.25) is 0 Å². The van der Waals surface area contributed by atoms with Gasteiger partial charge in [0, 0.05) is 10.6 Å². The van der Waals surface area contributed by atoms with Gasteiger partial charge < -0.3 is 9.05 Å². The third kappa shape index (κ3) is 6.32. The average Bonchev–Trinajstić information content (AvgIpc) is 2.43. The number of nitrogens with one attached hydrogen (secondary N) is 1. The lowest BCUT2D eigenvalue weighted by Crippen LogP contribution is -2.11. The highest BCUT2D eigenvalue weighted by Gasteiger charge is 2.15. The number of benzene rings is 1. The molecule has 0 bridgehead atoms. The summed E-state index contributed by atoms with van der Waals surface area (Å²) in [5, 5.41) is 2.98. The fourth-order valence-electron chi connectivity index (χ4n) is 1.21. The summed E-state index contributed by atoms with van der Waals surface area (Å²) >= 11 is 7.10. The van der Waals surface area contributed by atoms with E-state index in [1.165, 1.54) is 4.90 Å². The smallest absolute Gasteiger partial charge is 0.260 e. The van der Waals surface area contributed by atoms with Crippen LogP contribution in [0, 0.1) is 0 Å². The van der Waals surface area contributed by atoms with Crippen molar-refractivity contribution in [3.8, 4) is 0 Å². The fraction of sp³-hybridized carbons (Fsp3) is 0.500. The summed E-state index contributed by atoms with van der Waals surface area (Å²) in [5.41, 5.74) is 0. The molecule has 0 amide bonds. The molecule has 0 aliphatic rings. The molecule has 102 valence electrons. The van der Waals surface area contributed by atoms with Crippen molar-refractivity contribution in [1.82, 2.24) is 5.09 Å². The van der Waals surface area contributed by atoms with E-state index in [9.17, 15) is 0 Å². The molecule has 0 spiro atoms. The highest BCUT2D eigenvalue weighted by atomic mass is 32.5. The van der Waals surface area contributed by atoms with E-state index in [0.717, 1.165) is 12.2 Å². The molecule has 0 aliphatic carbocycles. The number of hydrogen-bond donors (Lipinski definition) is 1. The largest absolute Gasteiger partial charge is 0.318 e. The van der Waals surface area contributed by atoms with E-state index >= 15 is 0 Å². The van der Waals surface area contributed by atoms with Crippen LogP contribution in [0.2, 0.25) is 0 Å². The Morgan fingerprint density at radius 2 is 1.89 bits per heavy atom. The lowest BCUT2D eigenvalue weighted by molar-refractivity contribution is 0.252. The molecule has 0 saturated heterocycles. The maximum atomic E-state index is 5.67. The Bertz CT molecular complexity index is 376. The second-order valence-electron chi connectivity index (χ2n) is 3.55. The highest BCUT2D eigenvalue weighted by molar-refractivity contribution is 8.09. The standard InChI is InChI=1S/C12H20NO2PS2/c1-3-9-14-16(17,13-2)15-10-11-18-12-7-5-4-6-8-12/h4-8H,3,9-11H2,1-2H3,(H,13,17). The van der Waals surface area contributed by atoms with E-state index in [-0.39, 0.29) is 0 Å². The van der Waals surface area contributed by atoms with E-state index in [1.54, 1.807) is 18.8 Å². The molecule has 0 radical (unpaired) electrons. The van der Waals surface area contributed by atoms with Gasteiger partial charge in [0.25, 0.3) is 6.64 Å². The third-order valence-corrected chi connectivity index (χ3v) is 5.84. The van der Waals surface area contributed by atoms with Crippen molar-refractivity contribution in [2.24, 2.45) is 0 Å². The number of rotatable bonds is 9. The van der Waals surface area contributed by atoms with Crippen LogP contribution in [0.15, 0.2) is 35.2 Å². The van der Waals surface area contributed by atoms with Crippen molar-refractivity contribution in [3.05, 3.63) is 30.3 Å². The van der Waals surface area contributed by atoms with Crippen molar-refractivity contribution in [2.75, 3.05) is 26.0 Å². The van der Waals surface area contributed by atoms with Gasteiger partial charge in [0.1, 0.15) is 0 Å². The van der Waals surface area contributed by atoms with Gasteiger partial charge in [-0.25, -0.2) is 5.09 Å². The van der Waals surface area contributed by atoms with Gasteiger partial charge in [-0.15, -0.1) is 11.8 Å². The first kappa shape index (κ1) is 16.2. The summed E-state index contributed by atoms with van der Waals surface area (Å²) in [4.78, 5) is 1.24. The van der Waals surface area contributed by atoms with Crippen LogP contribution in [0.4, 0.5) is 0 Å². The first-order valence-corrected chi connectivity index (χ1v) is 9.58. The SMILES string of the molecule is CCCOP(=S)(NC)OCCSc1ccccc1. The van der Waals surface area contributed by atoms with Crippen molar-refractivity contribution in [3.63, 3.8) is 0 Å². The summed E-state index contributed by atoms with van der Waals surface area (Å²) in [6.45, 7) is 1.03. The van der Waals surface area contributed by atoms with Gasteiger partial charge in [-0.2, -0.15) is 0 Å². The van der Waals surface area contributed by atoms with Gasteiger partial charge in [-0.1, -0.05) is 25.1 Å². The lowest BCUT2D eigenvalue weighted by Gasteiger charge is -2.20. The maximum absolute atomic E-state index is 5.67. The molecule has 1 aromatic carbocycles. The highest BCUT2D eigenvalue weighted by Crippen LogP contribution is 2.43. The molecule has 0 aliphatic heterocycles. The Labute approximate surface area is 119 Å². The summed E-state index contributed by atoms with van der Waals surface area (Å²) < 4.78 is 11.2. The number of thioether (sulfide) groups is 1. The Morgan fingerprint density at radius 3 is 2.50 bits per heavy atom. The van der Waals surface area contributed by atoms with Gasteiger partial charge in [0.15, 0.2) is 0 Å². The molecular weight excluding hydrogens is 285 g/mol. The van der Waals surface area contributed by atoms with Crippen molar-refractivity contribution < 1.29 is 9.05 Å². The Morgan fingerprint density at radius 1 is 1.22 bits per heavy atom. The van der Waals surface area contributed by atoms with E-state index in [1.807, 2.05) is 18.2 Å². The zero-order valence-corrected chi connectivity index (χ0v) is 13.3. The first-order chi connectivity index (χ1) is 8.70. The Kier molecular flexibility index (Phi) is 8.15. The van der Waals surface area contributed by atoms with Crippen LogP contribution in [-0.2, 0) is 20.9 Å².